The summed E-state index contributed by atoms with van der Waals surface area (Å²) in [5.41, 5.74) is 1.18. The third-order valence-electron chi connectivity index (χ3n) is 3.79. The van der Waals surface area contributed by atoms with Crippen LogP contribution >= 0.6 is 0 Å². The Morgan fingerprint density at radius 3 is 2.76 bits per heavy atom. The highest BCUT2D eigenvalue weighted by atomic mass is 19.3. The van der Waals surface area contributed by atoms with Gasteiger partial charge in [0.05, 0.1) is 0 Å². The Morgan fingerprint density at radius 2 is 2.00 bits per heavy atom. The molecule has 1 amide bonds. The molecule has 0 N–H and O–H groups in total. The molecule has 0 spiro atoms. The Kier molecular flexibility index (Phi) is 5.02. The van der Waals surface area contributed by atoms with E-state index >= 15 is 0 Å². The molecule has 132 valence electrons. The van der Waals surface area contributed by atoms with Gasteiger partial charge in [-0.3, -0.25) is 4.79 Å². The van der Waals surface area contributed by atoms with Crippen LogP contribution in [-0.2, 0) is 6.54 Å². The molecule has 3 rings (SSSR count). The molecule has 1 heterocycles. The van der Waals surface area contributed by atoms with E-state index in [4.69, 9.17) is 9.47 Å². The van der Waals surface area contributed by atoms with Gasteiger partial charge in [0, 0.05) is 18.7 Å². The molecule has 2 aromatic carbocycles. The predicted molar refractivity (Wildman–Crippen MR) is 86.1 cm³/mol. The number of ether oxygens (including phenoxy) is 3. The average Bonchev–Trinajstić information content (AvgIpc) is 3.06. The van der Waals surface area contributed by atoms with E-state index in [0.29, 0.717) is 30.2 Å². The topological polar surface area (TPSA) is 48.0 Å². The zero-order valence-electron chi connectivity index (χ0n) is 13.6. The number of halogens is 2. The van der Waals surface area contributed by atoms with Crippen molar-refractivity contribution >= 4 is 5.91 Å². The molecule has 1 aliphatic heterocycles. The van der Waals surface area contributed by atoms with Gasteiger partial charge in [0.15, 0.2) is 11.5 Å². The number of rotatable bonds is 6. The first-order valence-corrected chi connectivity index (χ1v) is 7.79. The summed E-state index contributed by atoms with van der Waals surface area (Å²) in [5, 5.41) is 0. The van der Waals surface area contributed by atoms with Crippen molar-refractivity contribution in [2.45, 2.75) is 20.1 Å². The van der Waals surface area contributed by atoms with Crippen molar-refractivity contribution in [1.29, 1.82) is 0 Å². The van der Waals surface area contributed by atoms with Gasteiger partial charge in [0.25, 0.3) is 5.91 Å². The van der Waals surface area contributed by atoms with Gasteiger partial charge in [-0.25, -0.2) is 0 Å². The Balaban J connectivity index is 1.75. The normalized spacial score (nSPS) is 12.3. The average molecular weight is 349 g/mol. The van der Waals surface area contributed by atoms with E-state index < -0.39 is 6.61 Å². The molecule has 0 aromatic heterocycles. The summed E-state index contributed by atoms with van der Waals surface area (Å²) in [6.07, 6.45) is 0. The lowest BCUT2D eigenvalue weighted by molar-refractivity contribution is -0.0499. The molecular formula is C18H17F2NO4. The minimum Gasteiger partial charge on any atom is -0.454 e. The van der Waals surface area contributed by atoms with Gasteiger partial charge >= 0.3 is 6.61 Å². The Labute approximate surface area is 143 Å². The fourth-order valence-corrected chi connectivity index (χ4v) is 2.57. The van der Waals surface area contributed by atoms with Gasteiger partial charge in [-0.1, -0.05) is 12.1 Å². The SMILES string of the molecule is CCN(Cc1ccc2c(c1)OCO2)C(=O)c1cccc(OC(F)F)c1. The first-order chi connectivity index (χ1) is 12.1. The molecule has 2 aromatic rings. The Bertz CT molecular complexity index is 766. The molecule has 0 fully saturated rings. The first kappa shape index (κ1) is 17.0. The number of hydrogen-bond donors (Lipinski definition) is 0. The van der Waals surface area contributed by atoms with Crippen LogP contribution in [0.3, 0.4) is 0 Å². The highest BCUT2D eigenvalue weighted by Gasteiger charge is 2.18. The molecule has 0 unspecified atom stereocenters. The van der Waals surface area contributed by atoms with E-state index in [-0.39, 0.29) is 18.4 Å². The highest BCUT2D eigenvalue weighted by Crippen LogP contribution is 2.33. The number of hydrogen-bond acceptors (Lipinski definition) is 4. The minimum atomic E-state index is -2.93. The van der Waals surface area contributed by atoms with Crippen molar-refractivity contribution in [3.8, 4) is 17.2 Å². The van der Waals surface area contributed by atoms with Crippen LogP contribution in [0, 0.1) is 0 Å². The van der Waals surface area contributed by atoms with Crippen molar-refractivity contribution < 1.29 is 27.8 Å². The largest absolute Gasteiger partial charge is 0.454 e. The van der Waals surface area contributed by atoms with E-state index in [1.807, 2.05) is 19.1 Å². The van der Waals surface area contributed by atoms with Gasteiger partial charge in [0.2, 0.25) is 6.79 Å². The lowest BCUT2D eigenvalue weighted by Crippen LogP contribution is -2.30. The van der Waals surface area contributed by atoms with Crippen LogP contribution in [0.5, 0.6) is 17.2 Å². The summed E-state index contributed by atoms with van der Waals surface area (Å²) < 4.78 is 39.6. The highest BCUT2D eigenvalue weighted by molar-refractivity contribution is 5.94. The third-order valence-corrected chi connectivity index (χ3v) is 3.79. The summed E-state index contributed by atoms with van der Waals surface area (Å²) in [7, 11) is 0. The number of nitrogens with zero attached hydrogens (tertiary/aromatic N) is 1. The maximum atomic E-state index is 12.7. The fraction of sp³-hybridized carbons (Fsp3) is 0.278. The van der Waals surface area contributed by atoms with Crippen molar-refractivity contribution in [1.82, 2.24) is 4.90 Å². The molecule has 5 nitrogen and oxygen atoms in total. The second-order valence-electron chi connectivity index (χ2n) is 5.41. The smallest absolute Gasteiger partial charge is 0.387 e. The fourth-order valence-electron chi connectivity index (χ4n) is 2.57. The van der Waals surface area contributed by atoms with Gasteiger partial charge < -0.3 is 19.1 Å². The molecule has 25 heavy (non-hydrogen) atoms. The van der Waals surface area contributed by atoms with Gasteiger partial charge in [-0.15, -0.1) is 0 Å². The van der Waals surface area contributed by atoms with E-state index in [1.165, 1.54) is 18.2 Å². The summed E-state index contributed by atoms with van der Waals surface area (Å²) in [6.45, 7) is -0.0587. The number of benzene rings is 2. The van der Waals surface area contributed by atoms with Crippen molar-refractivity contribution in [3.05, 3.63) is 53.6 Å². The summed E-state index contributed by atoms with van der Waals surface area (Å²) in [6, 6.07) is 11.3. The van der Waals surface area contributed by atoms with Crippen LogP contribution in [0.15, 0.2) is 42.5 Å². The van der Waals surface area contributed by atoms with Crippen molar-refractivity contribution in [2.75, 3.05) is 13.3 Å². The lowest BCUT2D eigenvalue weighted by atomic mass is 10.1. The zero-order valence-corrected chi connectivity index (χ0v) is 13.6. The molecule has 7 heteroatoms. The Hall–Kier alpha value is -2.83. The van der Waals surface area contributed by atoms with Crippen molar-refractivity contribution in [2.24, 2.45) is 0 Å². The molecule has 0 atom stereocenters. The van der Waals surface area contributed by atoms with Gasteiger partial charge in [-0.2, -0.15) is 8.78 Å². The standard InChI is InChI=1S/C18H17F2NO4/c1-2-21(10-12-6-7-15-16(8-12)24-11-23-15)17(22)13-4-3-5-14(9-13)25-18(19)20/h3-9,18H,2,10-11H2,1H3. The second kappa shape index (κ2) is 7.38. The number of amides is 1. The maximum absolute atomic E-state index is 12.7. The van der Waals surface area contributed by atoms with Crippen LogP contribution in [0.2, 0.25) is 0 Å². The third kappa shape index (κ3) is 3.99. The predicted octanol–water partition coefficient (Wildman–Crippen LogP) is 3.68. The number of carbonyl (C=O) groups excluding carboxylic acids is 1. The molecule has 0 saturated carbocycles. The second-order valence-corrected chi connectivity index (χ2v) is 5.41. The molecular weight excluding hydrogens is 332 g/mol. The van der Waals surface area contributed by atoms with Crippen LogP contribution in [0.25, 0.3) is 0 Å². The van der Waals surface area contributed by atoms with E-state index in [2.05, 4.69) is 4.74 Å². The lowest BCUT2D eigenvalue weighted by Gasteiger charge is -2.21. The van der Waals surface area contributed by atoms with Gasteiger partial charge in [0.1, 0.15) is 5.75 Å². The van der Waals surface area contributed by atoms with Crippen LogP contribution in [0.4, 0.5) is 8.78 Å². The zero-order chi connectivity index (χ0) is 17.8. The monoisotopic (exact) mass is 349 g/mol. The quantitative estimate of drug-likeness (QED) is 0.798. The summed E-state index contributed by atoms with van der Waals surface area (Å²) >= 11 is 0. The van der Waals surface area contributed by atoms with Crippen molar-refractivity contribution in [3.63, 3.8) is 0 Å². The van der Waals surface area contributed by atoms with Gasteiger partial charge in [-0.05, 0) is 42.8 Å². The number of carbonyl (C=O) groups is 1. The van der Waals surface area contributed by atoms with E-state index in [9.17, 15) is 13.6 Å². The van der Waals surface area contributed by atoms with E-state index in [1.54, 1.807) is 17.0 Å². The molecule has 0 aliphatic carbocycles. The molecule has 0 bridgehead atoms. The van der Waals surface area contributed by atoms with Crippen LogP contribution in [0.1, 0.15) is 22.8 Å². The van der Waals surface area contributed by atoms with E-state index in [0.717, 1.165) is 5.56 Å². The molecule has 0 saturated heterocycles. The Morgan fingerprint density at radius 1 is 1.20 bits per heavy atom. The minimum absolute atomic E-state index is 0.0417. The van der Waals surface area contributed by atoms with Crippen LogP contribution < -0.4 is 14.2 Å². The first-order valence-electron chi connectivity index (χ1n) is 7.79. The number of fused-ring (bicyclic) bond motifs is 1. The summed E-state index contributed by atoms with van der Waals surface area (Å²) in [5.74, 6) is 1.02. The van der Waals surface area contributed by atoms with Crippen LogP contribution in [-0.4, -0.2) is 30.8 Å². The molecule has 0 radical (unpaired) electrons. The summed E-state index contributed by atoms with van der Waals surface area (Å²) in [4.78, 5) is 14.3. The maximum Gasteiger partial charge on any atom is 0.387 e. The number of alkyl halides is 2. The molecule has 1 aliphatic rings.